The summed E-state index contributed by atoms with van der Waals surface area (Å²) in [6.07, 6.45) is 4.02. The SMILES string of the molecule is O=C(Nc1ccc(S(=O)(=O)NCc2ccco2)cc1)C1CCN(C(=O)c2ccco2)CC1. The maximum atomic E-state index is 12.6. The summed E-state index contributed by atoms with van der Waals surface area (Å²) in [5, 5.41) is 2.83. The minimum Gasteiger partial charge on any atom is -0.468 e. The molecule has 1 aliphatic heterocycles. The van der Waals surface area contributed by atoms with Gasteiger partial charge in [-0.2, -0.15) is 0 Å². The molecule has 2 N–H and O–H groups in total. The Balaban J connectivity index is 1.29. The average molecular weight is 458 g/mol. The normalized spacial score (nSPS) is 14.9. The Bertz CT molecular complexity index is 1150. The van der Waals surface area contributed by atoms with Crippen LogP contribution < -0.4 is 10.0 Å². The van der Waals surface area contributed by atoms with Crippen LogP contribution in [0, 0.1) is 5.92 Å². The van der Waals surface area contributed by atoms with Gasteiger partial charge in [0, 0.05) is 24.7 Å². The molecule has 1 saturated heterocycles. The molecule has 0 radical (unpaired) electrons. The highest BCUT2D eigenvalue weighted by molar-refractivity contribution is 7.89. The molecular formula is C22H23N3O6S. The summed E-state index contributed by atoms with van der Waals surface area (Å²) in [5.41, 5.74) is 0.508. The Hall–Kier alpha value is -3.37. The molecule has 0 atom stereocenters. The average Bonchev–Trinajstić information content (AvgIpc) is 3.52. The number of nitrogens with zero attached hydrogens (tertiary/aromatic N) is 1. The number of carbonyl (C=O) groups excluding carboxylic acids is 2. The van der Waals surface area contributed by atoms with Crippen molar-refractivity contribution in [3.63, 3.8) is 0 Å². The second-order valence-electron chi connectivity index (χ2n) is 7.46. The second kappa shape index (κ2) is 9.41. The van der Waals surface area contributed by atoms with Crippen molar-refractivity contribution in [2.24, 2.45) is 5.92 Å². The molecule has 3 heterocycles. The van der Waals surface area contributed by atoms with Gasteiger partial charge in [0.2, 0.25) is 15.9 Å². The van der Waals surface area contributed by atoms with Gasteiger partial charge in [0.05, 0.1) is 24.0 Å². The molecule has 4 rings (SSSR count). The predicted octanol–water partition coefficient (Wildman–Crippen LogP) is 2.84. The van der Waals surface area contributed by atoms with E-state index in [1.807, 2.05) is 0 Å². The Morgan fingerprint density at radius 2 is 1.66 bits per heavy atom. The van der Waals surface area contributed by atoms with Gasteiger partial charge < -0.3 is 19.1 Å². The monoisotopic (exact) mass is 457 g/mol. The van der Waals surface area contributed by atoms with Crippen LogP contribution in [0.5, 0.6) is 0 Å². The summed E-state index contributed by atoms with van der Waals surface area (Å²) in [6, 6.07) is 12.6. The third-order valence-electron chi connectivity index (χ3n) is 5.33. The van der Waals surface area contributed by atoms with Crippen molar-refractivity contribution in [2.75, 3.05) is 18.4 Å². The number of carbonyl (C=O) groups is 2. The van der Waals surface area contributed by atoms with Crippen molar-refractivity contribution in [1.29, 1.82) is 0 Å². The lowest BCUT2D eigenvalue weighted by molar-refractivity contribution is -0.121. The number of hydrogen-bond acceptors (Lipinski definition) is 6. The fourth-order valence-corrected chi connectivity index (χ4v) is 4.52. The molecule has 2 amide bonds. The number of likely N-dealkylation sites (tertiary alicyclic amines) is 1. The van der Waals surface area contributed by atoms with E-state index in [-0.39, 0.29) is 29.2 Å². The first kappa shape index (κ1) is 21.8. The lowest BCUT2D eigenvalue weighted by Crippen LogP contribution is -2.41. The molecule has 3 aromatic rings. The van der Waals surface area contributed by atoms with E-state index < -0.39 is 10.0 Å². The van der Waals surface area contributed by atoms with E-state index in [0.29, 0.717) is 43.1 Å². The fourth-order valence-electron chi connectivity index (χ4n) is 3.53. The first-order valence-electron chi connectivity index (χ1n) is 10.2. The highest BCUT2D eigenvalue weighted by atomic mass is 32.2. The molecule has 10 heteroatoms. The largest absolute Gasteiger partial charge is 0.468 e. The van der Waals surface area contributed by atoms with E-state index in [1.54, 1.807) is 41.3 Å². The molecule has 2 aromatic heterocycles. The number of sulfonamides is 1. The molecule has 32 heavy (non-hydrogen) atoms. The van der Waals surface area contributed by atoms with Crippen LogP contribution in [-0.4, -0.2) is 38.2 Å². The summed E-state index contributed by atoms with van der Waals surface area (Å²) in [5.74, 6) is 0.248. The number of piperidine rings is 1. The molecular weight excluding hydrogens is 434 g/mol. The minimum atomic E-state index is -3.70. The smallest absolute Gasteiger partial charge is 0.289 e. The number of nitrogens with one attached hydrogen (secondary N) is 2. The number of hydrogen-bond donors (Lipinski definition) is 2. The Labute approximate surface area is 185 Å². The minimum absolute atomic E-state index is 0.0505. The summed E-state index contributed by atoms with van der Waals surface area (Å²) in [4.78, 5) is 26.7. The summed E-state index contributed by atoms with van der Waals surface area (Å²) >= 11 is 0. The third-order valence-corrected chi connectivity index (χ3v) is 6.75. The van der Waals surface area contributed by atoms with E-state index in [4.69, 9.17) is 8.83 Å². The van der Waals surface area contributed by atoms with Crippen molar-refractivity contribution >= 4 is 27.5 Å². The number of anilines is 1. The number of furan rings is 2. The van der Waals surface area contributed by atoms with E-state index in [1.165, 1.54) is 24.7 Å². The van der Waals surface area contributed by atoms with E-state index in [2.05, 4.69) is 10.0 Å². The topological polar surface area (TPSA) is 122 Å². The van der Waals surface area contributed by atoms with Crippen molar-refractivity contribution in [3.8, 4) is 0 Å². The maximum Gasteiger partial charge on any atom is 0.289 e. The first-order valence-corrected chi connectivity index (χ1v) is 11.7. The second-order valence-corrected chi connectivity index (χ2v) is 9.23. The molecule has 0 unspecified atom stereocenters. The van der Waals surface area contributed by atoms with Gasteiger partial charge in [0.25, 0.3) is 5.91 Å². The van der Waals surface area contributed by atoms with Crippen molar-refractivity contribution < 1.29 is 26.8 Å². The quantitative estimate of drug-likeness (QED) is 0.563. The predicted molar refractivity (Wildman–Crippen MR) is 115 cm³/mol. The van der Waals surface area contributed by atoms with Crippen LogP contribution in [0.3, 0.4) is 0 Å². The number of amides is 2. The molecule has 0 aliphatic carbocycles. The third kappa shape index (κ3) is 5.09. The summed E-state index contributed by atoms with van der Waals surface area (Å²) in [6.45, 7) is 0.987. The van der Waals surface area contributed by atoms with Gasteiger partial charge in [0.1, 0.15) is 5.76 Å². The van der Waals surface area contributed by atoms with Gasteiger partial charge >= 0.3 is 0 Å². The lowest BCUT2D eigenvalue weighted by Gasteiger charge is -2.30. The van der Waals surface area contributed by atoms with Crippen LogP contribution in [0.15, 0.2) is 74.8 Å². The van der Waals surface area contributed by atoms with E-state index >= 15 is 0 Å². The van der Waals surface area contributed by atoms with Gasteiger partial charge in [-0.25, -0.2) is 13.1 Å². The number of rotatable bonds is 7. The highest BCUT2D eigenvalue weighted by Gasteiger charge is 2.28. The Kier molecular flexibility index (Phi) is 6.42. The fraction of sp³-hybridized carbons (Fsp3) is 0.273. The Morgan fingerprint density at radius 1 is 0.969 bits per heavy atom. The molecule has 0 spiro atoms. The Morgan fingerprint density at radius 3 is 2.28 bits per heavy atom. The lowest BCUT2D eigenvalue weighted by atomic mass is 9.95. The van der Waals surface area contributed by atoms with Gasteiger partial charge in [-0.15, -0.1) is 0 Å². The standard InChI is InChI=1S/C22H23N3O6S/c26-21(16-9-11-25(12-10-16)22(27)20-4-2-14-31-20)24-17-5-7-19(8-6-17)32(28,29)23-15-18-3-1-13-30-18/h1-8,13-14,16,23H,9-12,15H2,(H,24,26). The van der Waals surface area contributed by atoms with E-state index in [0.717, 1.165) is 0 Å². The van der Waals surface area contributed by atoms with Crippen LogP contribution in [0.25, 0.3) is 0 Å². The van der Waals surface area contributed by atoms with Gasteiger partial charge in [-0.05, 0) is 61.4 Å². The van der Waals surface area contributed by atoms with Crippen LogP contribution in [0.4, 0.5) is 5.69 Å². The van der Waals surface area contributed by atoms with Crippen LogP contribution in [-0.2, 0) is 21.4 Å². The zero-order chi connectivity index (χ0) is 22.6. The van der Waals surface area contributed by atoms with Gasteiger partial charge in [-0.1, -0.05) is 0 Å². The molecule has 0 saturated carbocycles. The first-order chi connectivity index (χ1) is 15.4. The maximum absolute atomic E-state index is 12.6. The van der Waals surface area contributed by atoms with Crippen LogP contribution in [0.2, 0.25) is 0 Å². The van der Waals surface area contributed by atoms with Crippen molar-refractivity contribution in [3.05, 3.63) is 72.6 Å². The molecule has 168 valence electrons. The highest BCUT2D eigenvalue weighted by Crippen LogP contribution is 2.22. The van der Waals surface area contributed by atoms with E-state index in [9.17, 15) is 18.0 Å². The molecule has 0 bridgehead atoms. The molecule has 1 aromatic carbocycles. The molecule has 9 nitrogen and oxygen atoms in total. The van der Waals surface area contributed by atoms with Crippen molar-refractivity contribution in [2.45, 2.75) is 24.3 Å². The zero-order valence-corrected chi connectivity index (χ0v) is 18.0. The van der Waals surface area contributed by atoms with Crippen LogP contribution in [0.1, 0.15) is 29.2 Å². The molecule has 1 fully saturated rings. The molecule has 1 aliphatic rings. The summed E-state index contributed by atoms with van der Waals surface area (Å²) < 4.78 is 37.5. The van der Waals surface area contributed by atoms with Crippen molar-refractivity contribution in [1.82, 2.24) is 9.62 Å². The summed E-state index contributed by atoms with van der Waals surface area (Å²) in [7, 11) is -3.70. The van der Waals surface area contributed by atoms with Gasteiger partial charge in [-0.3, -0.25) is 9.59 Å². The van der Waals surface area contributed by atoms with Crippen LogP contribution >= 0.6 is 0 Å². The number of benzene rings is 1. The zero-order valence-electron chi connectivity index (χ0n) is 17.2. The van der Waals surface area contributed by atoms with Gasteiger partial charge in [0.15, 0.2) is 5.76 Å².